The Labute approximate surface area is 152 Å². The molecule has 2 aromatic carbocycles. The number of hydrogen-bond acceptors (Lipinski definition) is 2. The number of aromatic nitrogens is 1. The normalized spacial score (nSPS) is 17.6. The van der Waals surface area contributed by atoms with Gasteiger partial charge in [-0.2, -0.15) is 0 Å². The van der Waals surface area contributed by atoms with Gasteiger partial charge in [-0.05, 0) is 55.2 Å². The molecular formula is C19H19ClN2O2S. The molecule has 0 aliphatic heterocycles. The number of sulfonamides is 1. The number of benzene rings is 2. The second-order valence-electron chi connectivity index (χ2n) is 6.46. The first kappa shape index (κ1) is 16.6. The van der Waals surface area contributed by atoms with E-state index in [1.54, 1.807) is 24.3 Å². The highest BCUT2D eigenvalue weighted by Gasteiger charge is 2.30. The van der Waals surface area contributed by atoms with Crippen LogP contribution >= 0.6 is 11.6 Å². The number of nitrogens with one attached hydrogen (secondary N) is 1. The van der Waals surface area contributed by atoms with Gasteiger partial charge in [0.05, 0.1) is 10.9 Å². The Hall–Kier alpha value is -1.82. The van der Waals surface area contributed by atoms with Crippen molar-refractivity contribution in [1.29, 1.82) is 0 Å². The van der Waals surface area contributed by atoms with Crippen molar-refractivity contribution in [2.24, 2.45) is 7.05 Å². The number of aryl methyl sites for hydroxylation is 2. The summed E-state index contributed by atoms with van der Waals surface area (Å²) >= 11 is 6.17. The van der Waals surface area contributed by atoms with Crippen LogP contribution in [-0.2, 0) is 23.5 Å². The number of hydrogen-bond donors (Lipinski definition) is 1. The Morgan fingerprint density at radius 1 is 1.16 bits per heavy atom. The lowest BCUT2D eigenvalue weighted by Gasteiger charge is -2.25. The molecule has 25 heavy (non-hydrogen) atoms. The van der Waals surface area contributed by atoms with Crippen molar-refractivity contribution < 1.29 is 8.42 Å². The Morgan fingerprint density at radius 2 is 1.92 bits per heavy atom. The number of fused-ring (bicyclic) bond motifs is 3. The fourth-order valence-corrected chi connectivity index (χ4v) is 5.24. The van der Waals surface area contributed by atoms with E-state index in [1.165, 1.54) is 5.56 Å². The molecule has 0 bridgehead atoms. The van der Waals surface area contributed by atoms with E-state index in [0.717, 1.165) is 35.9 Å². The zero-order chi connectivity index (χ0) is 17.6. The van der Waals surface area contributed by atoms with Crippen LogP contribution in [0.2, 0.25) is 5.02 Å². The molecule has 0 amide bonds. The second-order valence-corrected chi connectivity index (χ2v) is 8.61. The molecule has 4 nitrogen and oxygen atoms in total. The topological polar surface area (TPSA) is 51.1 Å². The van der Waals surface area contributed by atoms with Crippen molar-refractivity contribution >= 4 is 32.5 Å². The van der Waals surface area contributed by atoms with E-state index in [4.69, 9.17) is 11.6 Å². The molecule has 3 aromatic rings. The average Bonchev–Trinajstić information content (AvgIpc) is 2.89. The predicted molar refractivity (Wildman–Crippen MR) is 100 cm³/mol. The molecule has 1 heterocycles. The number of nitrogens with zero attached hydrogens (tertiary/aromatic N) is 1. The molecule has 6 heteroatoms. The van der Waals surface area contributed by atoms with Gasteiger partial charge in [0.25, 0.3) is 0 Å². The summed E-state index contributed by atoms with van der Waals surface area (Å²) in [4.78, 5) is 0.295. The van der Waals surface area contributed by atoms with Crippen molar-refractivity contribution in [1.82, 2.24) is 9.29 Å². The summed E-state index contributed by atoms with van der Waals surface area (Å²) in [5.74, 6) is 0. The zero-order valence-electron chi connectivity index (χ0n) is 13.9. The highest BCUT2D eigenvalue weighted by Crippen LogP contribution is 2.38. The molecule has 1 aliphatic carbocycles. The second kappa shape index (κ2) is 6.16. The molecular weight excluding hydrogens is 356 g/mol. The van der Waals surface area contributed by atoms with Crippen LogP contribution in [-0.4, -0.2) is 13.0 Å². The lowest BCUT2D eigenvalue weighted by atomic mass is 9.92. The quantitative estimate of drug-likeness (QED) is 0.747. The Balaban J connectivity index is 1.79. The minimum atomic E-state index is -3.55. The Morgan fingerprint density at radius 3 is 2.68 bits per heavy atom. The van der Waals surface area contributed by atoms with Crippen LogP contribution in [0.5, 0.6) is 0 Å². The van der Waals surface area contributed by atoms with E-state index in [0.29, 0.717) is 9.92 Å². The summed E-state index contributed by atoms with van der Waals surface area (Å²) in [6, 6.07) is 14.1. The third-order valence-corrected chi connectivity index (χ3v) is 6.64. The lowest BCUT2D eigenvalue weighted by molar-refractivity contribution is 0.489. The lowest BCUT2D eigenvalue weighted by Crippen LogP contribution is -2.32. The fourth-order valence-electron chi connectivity index (χ4n) is 3.81. The summed E-state index contributed by atoms with van der Waals surface area (Å²) < 4.78 is 30.5. The molecule has 1 unspecified atom stereocenters. The van der Waals surface area contributed by atoms with Gasteiger partial charge in [-0.1, -0.05) is 29.8 Å². The smallest absolute Gasteiger partial charge is 0.241 e. The maximum Gasteiger partial charge on any atom is 0.241 e. The van der Waals surface area contributed by atoms with Crippen molar-refractivity contribution in [3.05, 3.63) is 64.8 Å². The van der Waals surface area contributed by atoms with E-state index in [2.05, 4.69) is 9.29 Å². The van der Waals surface area contributed by atoms with E-state index < -0.39 is 10.0 Å². The molecule has 0 spiro atoms. The van der Waals surface area contributed by atoms with Crippen molar-refractivity contribution in [3.8, 4) is 0 Å². The first-order valence-corrected chi connectivity index (χ1v) is 10.2. The van der Waals surface area contributed by atoms with Crippen molar-refractivity contribution in [2.75, 3.05) is 0 Å². The molecule has 1 N–H and O–H groups in total. The maximum atomic E-state index is 12.7. The van der Waals surface area contributed by atoms with Gasteiger partial charge < -0.3 is 4.57 Å². The summed E-state index contributed by atoms with van der Waals surface area (Å²) in [6.45, 7) is 0. The highest BCUT2D eigenvalue weighted by atomic mass is 35.5. The van der Waals surface area contributed by atoms with Crippen LogP contribution in [0.3, 0.4) is 0 Å². The Bertz CT molecular complexity index is 1040. The minimum Gasteiger partial charge on any atom is -0.346 e. The van der Waals surface area contributed by atoms with Gasteiger partial charge in [-0.25, -0.2) is 13.1 Å². The predicted octanol–water partition coefficient (Wildman–Crippen LogP) is 4.19. The molecule has 0 saturated carbocycles. The van der Waals surface area contributed by atoms with Gasteiger partial charge in [-0.3, -0.25) is 0 Å². The van der Waals surface area contributed by atoms with Crippen LogP contribution in [0.1, 0.15) is 30.1 Å². The van der Waals surface area contributed by atoms with Crippen LogP contribution in [0.25, 0.3) is 10.9 Å². The standard InChI is InChI=1S/C19H19ClN2O2S/c1-22-18-11-10-13(20)12-16(18)15-8-5-9-17(19(15)22)21-25(23,24)14-6-3-2-4-7-14/h2-4,6-7,10-12,17,21H,5,8-9H2,1H3. The average molecular weight is 375 g/mol. The van der Waals surface area contributed by atoms with Gasteiger partial charge in [0.1, 0.15) is 0 Å². The SMILES string of the molecule is Cn1c2c(c3cc(Cl)ccc31)CCCC2NS(=O)(=O)c1ccccc1. The summed E-state index contributed by atoms with van der Waals surface area (Å²) in [6.07, 6.45) is 2.67. The molecule has 1 aliphatic rings. The van der Waals surface area contributed by atoms with E-state index in [9.17, 15) is 8.42 Å². The largest absolute Gasteiger partial charge is 0.346 e. The molecule has 0 saturated heterocycles. The number of halogens is 1. The first-order valence-electron chi connectivity index (χ1n) is 8.31. The minimum absolute atomic E-state index is 0.231. The van der Waals surface area contributed by atoms with Crippen LogP contribution in [0.4, 0.5) is 0 Å². The van der Waals surface area contributed by atoms with Crippen molar-refractivity contribution in [3.63, 3.8) is 0 Å². The van der Waals surface area contributed by atoms with Crippen LogP contribution in [0.15, 0.2) is 53.4 Å². The molecule has 0 fully saturated rings. The van der Waals surface area contributed by atoms with Crippen LogP contribution < -0.4 is 4.72 Å². The third-order valence-electron chi connectivity index (χ3n) is 4.92. The summed E-state index contributed by atoms with van der Waals surface area (Å²) in [7, 11) is -1.56. The van der Waals surface area contributed by atoms with Gasteiger partial charge in [0.2, 0.25) is 10.0 Å². The van der Waals surface area contributed by atoms with Crippen molar-refractivity contribution in [2.45, 2.75) is 30.2 Å². The Kier molecular flexibility index (Phi) is 4.10. The van der Waals surface area contributed by atoms with Crippen LogP contribution in [0, 0.1) is 0 Å². The summed E-state index contributed by atoms with van der Waals surface area (Å²) in [5.41, 5.74) is 3.33. The first-order chi connectivity index (χ1) is 12.0. The molecule has 130 valence electrons. The maximum absolute atomic E-state index is 12.7. The molecule has 0 radical (unpaired) electrons. The molecule has 1 atom stereocenters. The van der Waals surface area contributed by atoms with Gasteiger partial charge >= 0.3 is 0 Å². The van der Waals surface area contributed by atoms with Gasteiger partial charge in [0, 0.05) is 28.7 Å². The highest BCUT2D eigenvalue weighted by molar-refractivity contribution is 7.89. The van der Waals surface area contributed by atoms with E-state index in [-0.39, 0.29) is 6.04 Å². The molecule has 4 rings (SSSR count). The summed E-state index contributed by atoms with van der Waals surface area (Å²) in [5, 5.41) is 1.82. The van der Waals surface area contributed by atoms with Gasteiger partial charge in [-0.15, -0.1) is 0 Å². The van der Waals surface area contributed by atoms with E-state index >= 15 is 0 Å². The zero-order valence-corrected chi connectivity index (χ0v) is 15.4. The van der Waals surface area contributed by atoms with E-state index in [1.807, 2.05) is 31.3 Å². The number of rotatable bonds is 3. The fraction of sp³-hybridized carbons (Fsp3) is 0.263. The van der Waals surface area contributed by atoms with Gasteiger partial charge in [0.15, 0.2) is 0 Å². The molecule has 1 aromatic heterocycles. The third kappa shape index (κ3) is 2.86. The monoisotopic (exact) mass is 374 g/mol.